The van der Waals surface area contributed by atoms with Crippen LogP contribution in [-0.2, 0) is 0 Å². The second-order valence-corrected chi connectivity index (χ2v) is 3.28. The summed E-state index contributed by atoms with van der Waals surface area (Å²) in [5.41, 5.74) is 1.82. The molecule has 0 N–H and O–H groups in total. The van der Waals surface area contributed by atoms with Crippen molar-refractivity contribution in [2.75, 3.05) is 0 Å². The molecule has 0 aromatic carbocycles. The lowest BCUT2D eigenvalue weighted by atomic mass is 10.3. The average molecular weight is 219 g/mol. The van der Waals surface area contributed by atoms with Crippen molar-refractivity contribution in [2.24, 2.45) is 0 Å². The summed E-state index contributed by atoms with van der Waals surface area (Å²) < 4.78 is 1.42. The first-order chi connectivity index (χ1) is 7.61. The summed E-state index contributed by atoms with van der Waals surface area (Å²) in [6.45, 7) is 3.59. The Kier molecular flexibility index (Phi) is 2.35. The van der Waals surface area contributed by atoms with E-state index in [2.05, 4.69) is 15.3 Å². The molecular formula is C9H9N5O2. The molecule has 0 bridgehead atoms. The first kappa shape index (κ1) is 10.2. The number of nitro groups is 1. The van der Waals surface area contributed by atoms with Crippen LogP contribution in [0.5, 0.6) is 0 Å². The Balaban J connectivity index is 2.64. The van der Waals surface area contributed by atoms with Gasteiger partial charge in [-0.15, -0.1) is 5.10 Å². The molecule has 0 saturated heterocycles. The molecule has 7 nitrogen and oxygen atoms in total. The number of hydrogen-bond acceptors (Lipinski definition) is 5. The van der Waals surface area contributed by atoms with Crippen LogP contribution in [0.4, 0.5) is 5.82 Å². The zero-order chi connectivity index (χ0) is 11.7. The third-order valence-electron chi connectivity index (χ3n) is 2.29. The summed E-state index contributed by atoms with van der Waals surface area (Å²) in [5, 5.41) is 18.5. The van der Waals surface area contributed by atoms with E-state index in [1.54, 1.807) is 26.0 Å². The zero-order valence-electron chi connectivity index (χ0n) is 8.78. The van der Waals surface area contributed by atoms with Crippen LogP contribution in [0, 0.1) is 24.0 Å². The monoisotopic (exact) mass is 219 g/mol. The molecule has 2 aromatic rings. The van der Waals surface area contributed by atoms with Crippen molar-refractivity contribution in [3.63, 3.8) is 0 Å². The largest absolute Gasteiger partial charge is 0.389 e. The highest BCUT2D eigenvalue weighted by Crippen LogP contribution is 2.20. The Bertz CT molecular complexity index is 549. The van der Waals surface area contributed by atoms with Crippen LogP contribution < -0.4 is 0 Å². The smallest absolute Gasteiger partial charge is 0.358 e. The Morgan fingerprint density at radius 2 is 2.19 bits per heavy atom. The normalized spacial score (nSPS) is 10.4. The molecule has 82 valence electrons. The molecule has 0 radical (unpaired) electrons. The molecule has 7 heteroatoms. The maximum Gasteiger partial charge on any atom is 0.389 e. The van der Waals surface area contributed by atoms with Crippen LogP contribution in [0.3, 0.4) is 0 Å². The summed E-state index contributed by atoms with van der Waals surface area (Å²) in [6, 6.07) is 3.21. The number of nitrogens with zero attached hydrogens (tertiary/aromatic N) is 5. The number of aromatic nitrogens is 4. The number of pyridine rings is 1. The first-order valence-corrected chi connectivity index (χ1v) is 4.60. The van der Waals surface area contributed by atoms with Gasteiger partial charge < -0.3 is 10.1 Å². The maximum absolute atomic E-state index is 10.8. The van der Waals surface area contributed by atoms with Gasteiger partial charge in [-0.05, 0) is 35.9 Å². The lowest BCUT2D eigenvalue weighted by molar-refractivity contribution is -0.389. The maximum atomic E-state index is 10.8. The molecule has 2 rings (SSSR count). The van der Waals surface area contributed by atoms with Crippen LogP contribution in [0.15, 0.2) is 18.3 Å². The molecule has 0 atom stereocenters. The molecule has 2 heterocycles. The van der Waals surface area contributed by atoms with Crippen molar-refractivity contribution in [3.8, 4) is 5.69 Å². The van der Waals surface area contributed by atoms with Crippen molar-refractivity contribution in [2.45, 2.75) is 13.8 Å². The third kappa shape index (κ3) is 1.52. The predicted molar refractivity (Wildman–Crippen MR) is 55.3 cm³/mol. The molecule has 0 spiro atoms. The second kappa shape index (κ2) is 3.69. The number of rotatable bonds is 2. The van der Waals surface area contributed by atoms with Gasteiger partial charge in [-0.2, -0.15) is 0 Å². The van der Waals surface area contributed by atoms with Gasteiger partial charge in [-0.1, -0.05) is 5.21 Å². The lowest BCUT2D eigenvalue weighted by Gasteiger charge is -2.02. The molecular weight excluding hydrogens is 210 g/mol. The van der Waals surface area contributed by atoms with Crippen LogP contribution in [0.2, 0.25) is 0 Å². The van der Waals surface area contributed by atoms with Gasteiger partial charge in [0.05, 0.1) is 11.4 Å². The minimum Gasteiger partial charge on any atom is -0.358 e. The zero-order valence-corrected chi connectivity index (χ0v) is 8.78. The van der Waals surface area contributed by atoms with E-state index in [0.29, 0.717) is 5.69 Å². The van der Waals surface area contributed by atoms with E-state index in [1.165, 1.54) is 10.9 Å². The van der Waals surface area contributed by atoms with E-state index < -0.39 is 4.92 Å². The highest BCUT2D eigenvalue weighted by molar-refractivity contribution is 5.46. The Hall–Kier alpha value is -2.31. The Labute approximate surface area is 90.9 Å². The molecule has 0 aliphatic carbocycles. The Morgan fingerprint density at radius 1 is 1.44 bits per heavy atom. The van der Waals surface area contributed by atoms with Crippen LogP contribution >= 0.6 is 0 Å². The van der Waals surface area contributed by atoms with Crippen molar-refractivity contribution < 1.29 is 4.92 Å². The van der Waals surface area contributed by atoms with Crippen LogP contribution in [-0.4, -0.2) is 24.9 Å². The van der Waals surface area contributed by atoms with Crippen molar-refractivity contribution in [1.82, 2.24) is 20.0 Å². The number of aryl methyl sites for hydroxylation is 1. The summed E-state index contributed by atoms with van der Waals surface area (Å²) in [6.07, 6.45) is 1.38. The van der Waals surface area contributed by atoms with Crippen molar-refractivity contribution >= 4 is 5.82 Å². The molecule has 0 aliphatic rings. The van der Waals surface area contributed by atoms with Gasteiger partial charge in [0.15, 0.2) is 5.69 Å². The van der Waals surface area contributed by atoms with Gasteiger partial charge in [0.25, 0.3) is 0 Å². The highest BCUT2D eigenvalue weighted by Gasteiger charge is 2.18. The van der Waals surface area contributed by atoms with E-state index in [4.69, 9.17) is 0 Å². The Morgan fingerprint density at radius 3 is 2.75 bits per heavy atom. The minimum absolute atomic E-state index is 0.226. The fraction of sp³-hybridized carbons (Fsp3) is 0.222. The molecule has 16 heavy (non-hydrogen) atoms. The summed E-state index contributed by atoms with van der Waals surface area (Å²) in [5.74, 6) is -0.226. The molecule has 2 aromatic heterocycles. The quantitative estimate of drug-likeness (QED) is 0.559. The molecule has 0 unspecified atom stereocenters. The fourth-order valence-corrected chi connectivity index (χ4v) is 1.33. The highest BCUT2D eigenvalue weighted by atomic mass is 16.6. The standard InChI is InChI=1S/C9H9N5O2/c1-6-7(2)13(12-11-6)8-4-3-5-10-9(8)14(15)16/h3-5H,1-2H3. The van der Waals surface area contributed by atoms with Gasteiger partial charge in [-0.25, -0.2) is 4.68 Å². The van der Waals surface area contributed by atoms with E-state index in [-0.39, 0.29) is 5.82 Å². The van der Waals surface area contributed by atoms with E-state index in [9.17, 15) is 10.1 Å². The van der Waals surface area contributed by atoms with Gasteiger partial charge in [0, 0.05) is 0 Å². The van der Waals surface area contributed by atoms with Crippen LogP contribution in [0.1, 0.15) is 11.4 Å². The third-order valence-corrected chi connectivity index (χ3v) is 2.29. The lowest BCUT2D eigenvalue weighted by Crippen LogP contribution is -2.05. The van der Waals surface area contributed by atoms with E-state index in [0.717, 1.165) is 11.4 Å². The second-order valence-electron chi connectivity index (χ2n) is 3.28. The van der Waals surface area contributed by atoms with E-state index in [1.807, 2.05) is 0 Å². The topological polar surface area (TPSA) is 86.7 Å². The van der Waals surface area contributed by atoms with Gasteiger partial charge >= 0.3 is 5.82 Å². The molecule has 0 aliphatic heterocycles. The van der Waals surface area contributed by atoms with E-state index >= 15 is 0 Å². The van der Waals surface area contributed by atoms with Crippen molar-refractivity contribution in [1.29, 1.82) is 0 Å². The molecule has 0 fully saturated rings. The SMILES string of the molecule is Cc1nnn(-c2cccnc2[N+](=O)[O-])c1C. The first-order valence-electron chi connectivity index (χ1n) is 4.60. The summed E-state index contributed by atoms with van der Waals surface area (Å²) >= 11 is 0. The molecule has 0 amide bonds. The van der Waals surface area contributed by atoms with Gasteiger partial charge in [-0.3, -0.25) is 0 Å². The molecule has 0 saturated carbocycles. The number of hydrogen-bond donors (Lipinski definition) is 0. The average Bonchev–Trinajstić information content (AvgIpc) is 2.60. The van der Waals surface area contributed by atoms with Crippen molar-refractivity contribution in [3.05, 3.63) is 39.8 Å². The van der Waals surface area contributed by atoms with Gasteiger partial charge in [0.2, 0.25) is 0 Å². The van der Waals surface area contributed by atoms with Gasteiger partial charge in [0.1, 0.15) is 6.20 Å². The summed E-state index contributed by atoms with van der Waals surface area (Å²) in [7, 11) is 0. The van der Waals surface area contributed by atoms with Crippen LogP contribution in [0.25, 0.3) is 5.69 Å². The predicted octanol–water partition coefficient (Wildman–Crippen LogP) is 1.19. The summed E-state index contributed by atoms with van der Waals surface area (Å²) in [4.78, 5) is 14.0. The fourth-order valence-electron chi connectivity index (χ4n) is 1.33. The minimum atomic E-state index is -0.536.